The second-order valence-corrected chi connectivity index (χ2v) is 7.66. The van der Waals surface area contributed by atoms with Crippen LogP contribution in [-0.4, -0.2) is 52.4 Å². The van der Waals surface area contributed by atoms with E-state index in [4.69, 9.17) is 9.73 Å². The minimum Gasteiger partial charge on any atom is -0.493 e. The van der Waals surface area contributed by atoms with Crippen molar-refractivity contribution in [1.29, 1.82) is 0 Å². The summed E-state index contributed by atoms with van der Waals surface area (Å²) in [4.78, 5) is 4.79. The molecule has 1 aromatic carbocycles. The first-order chi connectivity index (χ1) is 13.8. The zero-order chi connectivity index (χ0) is 19.6. The summed E-state index contributed by atoms with van der Waals surface area (Å²) in [6.45, 7) is 5.20. The normalized spacial score (nSPS) is 15.8. The molecule has 0 spiro atoms. The maximum Gasteiger partial charge on any atom is 0.191 e. The van der Waals surface area contributed by atoms with E-state index in [9.17, 15) is 0 Å². The predicted octanol–water partition coefficient (Wildman–Crippen LogP) is 3.27. The molecule has 1 aliphatic heterocycles. The number of thioether (sulfide) groups is 1. The maximum atomic E-state index is 5.78. The number of aliphatic imine (C=N–C) groups is 1. The van der Waals surface area contributed by atoms with E-state index in [1.54, 1.807) is 6.33 Å². The van der Waals surface area contributed by atoms with Gasteiger partial charge < -0.3 is 19.9 Å². The topological polar surface area (TPSA) is 76.4 Å². The van der Waals surface area contributed by atoms with Gasteiger partial charge in [-0.3, -0.25) is 4.99 Å². The monoisotopic (exact) mass is 530 g/mol. The third-order valence-corrected chi connectivity index (χ3v) is 5.40. The number of rotatable bonds is 9. The summed E-state index contributed by atoms with van der Waals surface area (Å²) in [5.74, 6) is 3.95. The van der Waals surface area contributed by atoms with E-state index in [0.29, 0.717) is 0 Å². The van der Waals surface area contributed by atoms with Crippen LogP contribution in [0, 0.1) is 0 Å². The van der Waals surface area contributed by atoms with E-state index in [2.05, 4.69) is 50.7 Å². The summed E-state index contributed by atoms with van der Waals surface area (Å²) < 4.78 is 7.87. The van der Waals surface area contributed by atoms with Crippen LogP contribution in [0.15, 0.2) is 35.6 Å². The Kier molecular flexibility index (Phi) is 10.6. The lowest BCUT2D eigenvalue weighted by atomic mass is 10.0. The second kappa shape index (κ2) is 12.9. The van der Waals surface area contributed by atoms with Crippen LogP contribution in [0.25, 0.3) is 0 Å². The molecule has 2 aromatic rings. The number of guanidine groups is 1. The van der Waals surface area contributed by atoms with Crippen LogP contribution in [0.3, 0.4) is 0 Å². The van der Waals surface area contributed by atoms with Gasteiger partial charge in [0, 0.05) is 38.0 Å². The van der Waals surface area contributed by atoms with Crippen molar-refractivity contribution < 1.29 is 4.74 Å². The minimum absolute atomic E-state index is 0. The quantitative estimate of drug-likeness (QED) is 0.224. The van der Waals surface area contributed by atoms with Crippen molar-refractivity contribution in [1.82, 2.24) is 25.4 Å². The molecule has 2 N–H and O–H groups in total. The average molecular weight is 530 g/mol. The first-order valence-electron chi connectivity index (χ1n) is 9.94. The zero-order valence-electron chi connectivity index (χ0n) is 17.1. The Labute approximate surface area is 194 Å². The lowest BCUT2D eigenvalue weighted by molar-refractivity contribution is 0.261. The van der Waals surface area contributed by atoms with Gasteiger partial charge in [-0.15, -0.1) is 34.2 Å². The van der Waals surface area contributed by atoms with Crippen molar-refractivity contribution in [3.63, 3.8) is 0 Å². The molecule has 0 radical (unpaired) electrons. The smallest absolute Gasteiger partial charge is 0.191 e. The van der Waals surface area contributed by atoms with E-state index in [1.165, 1.54) is 5.56 Å². The minimum atomic E-state index is 0. The summed E-state index contributed by atoms with van der Waals surface area (Å²) in [5, 5.41) is 15.2. The molecule has 3 rings (SSSR count). The molecule has 7 nitrogen and oxygen atoms in total. The predicted molar refractivity (Wildman–Crippen MR) is 131 cm³/mol. The number of halogens is 1. The number of aromatic nitrogens is 3. The highest BCUT2D eigenvalue weighted by molar-refractivity contribution is 14.0. The standard InChI is InChI=1S/C20H30N6OS.HI/c1-3-19-25-23-15-26(19)12-11-22-20(21-10-6-14-28-2)24-17-9-13-27-18-8-5-4-7-16(17)18;/h4-5,7-8,15,17H,3,6,9-14H2,1-2H3,(H2,21,22,24);1H. The zero-order valence-corrected chi connectivity index (χ0v) is 20.3. The largest absolute Gasteiger partial charge is 0.493 e. The van der Waals surface area contributed by atoms with Gasteiger partial charge in [-0.2, -0.15) is 11.8 Å². The fourth-order valence-corrected chi connectivity index (χ4v) is 3.66. The summed E-state index contributed by atoms with van der Waals surface area (Å²) >= 11 is 1.86. The molecule has 1 unspecified atom stereocenters. The number of ether oxygens (including phenoxy) is 1. The summed E-state index contributed by atoms with van der Waals surface area (Å²) in [6, 6.07) is 8.44. The Balaban J connectivity index is 0.00000300. The van der Waals surface area contributed by atoms with Gasteiger partial charge in [0.25, 0.3) is 0 Å². The summed E-state index contributed by atoms with van der Waals surface area (Å²) in [5.41, 5.74) is 1.19. The van der Waals surface area contributed by atoms with Crippen molar-refractivity contribution in [2.75, 3.05) is 31.7 Å². The SMILES string of the molecule is CCc1nncn1CCNC(=NCCCSC)NC1CCOc2ccccc21.I. The van der Waals surface area contributed by atoms with Crippen LogP contribution < -0.4 is 15.4 Å². The second-order valence-electron chi connectivity index (χ2n) is 6.67. The Morgan fingerprint density at radius 3 is 3.07 bits per heavy atom. The van der Waals surface area contributed by atoms with Crippen LogP contribution in [0.4, 0.5) is 0 Å². The molecule has 0 amide bonds. The molecule has 160 valence electrons. The third-order valence-electron chi connectivity index (χ3n) is 4.70. The van der Waals surface area contributed by atoms with Crippen molar-refractivity contribution >= 4 is 41.7 Å². The van der Waals surface area contributed by atoms with Gasteiger partial charge in [-0.05, 0) is 24.5 Å². The number of nitrogens with one attached hydrogen (secondary N) is 2. The van der Waals surface area contributed by atoms with Crippen molar-refractivity contribution in [2.24, 2.45) is 4.99 Å². The number of benzene rings is 1. The van der Waals surface area contributed by atoms with Crippen molar-refractivity contribution in [3.8, 4) is 5.75 Å². The highest BCUT2D eigenvalue weighted by Crippen LogP contribution is 2.31. The summed E-state index contributed by atoms with van der Waals surface area (Å²) in [7, 11) is 0. The fourth-order valence-electron chi connectivity index (χ4n) is 3.24. The molecule has 2 heterocycles. The van der Waals surface area contributed by atoms with Crippen LogP contribution in [0.2, 0.25) is 0 Å². The van der Waals surface area contributed by atoms with Gasteiger partial charge in [0.05, 0.1) is 12.6 Å². The molecule has 29 heavy (non-hydrogen) atoms. The van der Waals surface area contributed by atoms with E-state index < -0.39 is 0 Å². The molecule has 1 aliphatic rings. The molecular formula is C20H31IN6OS. The average Bonchev–Trinajstić information content (AvgIpc) is 3.19. The fraction of sp³-hybridized carbons (Fsp3) is 0.550. The summed E-state index contributed by atoms with van der Waals surface area (Å²) in [6.07, 6.45) is 6.80. The molecule has 1 atom stereocenters. The highest BCUT2D eigenvalue weighted by atomic mass is 127. The van der Waals surface area contributed by atoms with Gasteiger partial charge in [0.1, 0.15) is 17.9 Å². The van der Waals surface area contributed by atoms with Crippen LogP contribution in [0.5, 0.6) is 5.75 Å². The maximum absolute atomic E-state index is 5.78. The van der Waals surface area contributed by atoms with Crippen molar-refractivity contribution in [3.05, 3.63) is 42.0 Å². The number of fused-ring (bicyclic) bond motifs is 1. The molecule has 0 aliphatic carbocycles. The number of hydrogen-bond donors (Lipinski definition) is 2. The Bertz CT molecular complexity index is 769. The van der Waals surface area contributed by atoms with E-state index in [0.717, 1.165) is 68.8 Å². The van der Waals surface area contributed by atoms with Gasteiger partial charge in [0.2, 0.25) is 0 Å². The Hall–Kier alpha value is -1.49. The molecule has 1 aromatic heterocycles. The van der Waals surface area contributed by atoms with Crippen LogP contribution >= 0.6 is 35.7 Å². The highest BCUT2D eigenvalue weighted by Gasteiger charge is 2.21. The number of para-hydroxylation sites is 1. The molecule has 0 fully saturated rings. The third kappa shape index (κ3) is 7.06. The van der Waals surface area contributed by atoms with Crippen molar-refractivity contribution in [2.45, 2.75) is 38.8 Å². The van der Waals surface area contributed by atoms with Crippen LogP contribution in [-0.2, 0) is 13.0 Å². The Morgan fingerprint density at radius 2 is 2.24 bits per heavy atom. The molecule has 0 saturated heterocycles. The van der Waals surface area contributed by atoms with E-state index >= 15 is 0 Å². The molecule has 0 bridgehead atoms. The van der Waals surface area contributed by atoms with Gasteiger partial charge in [-0.1, -0.05) is 25.1 Å². The lowest BCUT2D eigenvalue weighted by Crippen LogP contribution is -2.42. The van der Waals surface area contributed by atoms with E-state index in [1.807, 2.05) is 23.9 Å². The van der Waals surface area contributed by atoms with E-state index in [-0.39, 0.29) is 30.0 Å². The van der Waals surface area contributed by atoms with Crippen LogP contribution in [0.1, 0.15) is 37.2 Å². The number of hydrogen-bond acceptors (Lipinski definition) is 5. The lowest BCUT2D eigenvalue weighted by Gasteiger charge is -2.28. The number of aryl methyl sites for hydroxylation is 1. The first kappa shape index (κ1) is 23.8. The van der Waals surface area contributed by atoms with Gasteiger partial charge in [0.15, 0.2) is 5.96 Å². The molecule has 9 heteroatoms. The number of nitrogens with zero attached hydrogens (tertiary/aromatic N) is 4. The molecular weight excluding hydrogens is 499 g/mol. The molecule has 0 saturated carbocycles. The Morgan fingerprint density at radius 1 is 1.38 bits per heavy atom. The first-order valence-corrected chi connectivity index (χ1v) is 11.3. The van der Waals surface area contributed by atoms with Gasteiger partial charge in [-0.25, -0.2) is 0 Å². The van der Waals surface area contributed by atoms with Gasteiger partial charge >= 0.3 is 0 Å².